The molecule has 0 amide bonds. The van der Waals surface area contributed by atoms with Crippen molar-refractivity contribution in [3.63, 3.8) is 0 Å². The van der Waals surface area contributed by atoms with Gasteiger partial charge in [-0.3, -0.25) is 0 Å². The van der Waals surface area contributed by atoms with Crippen LogP contribution in [0.15, 0.2) is 12.7 Å². The lowest BCUT2D eigenvalue weighted by Gasteiger charge is -2.28. The molecule has 0 unspecified atom stereocenters. The maximum Gasteiger partial charge on any atom is 0.427 e. The molecule has 0 aliphatic carbocycles. The third kappa shape index (κ3) is 4.65. The highest BCUT2D eigenvalue weighted by Crippen LogP contribution is 2.41. The van der Waals surface area contributed by atoms with Gasteiger partial charge in [0.1, 0.15) is 0 Å². The number of carbonyl (C=O) groups excluding carboxylic acids is 1. The maximum absolute atomic E-state index is 12.7. The van der Waals surface area contributed by atoms with Gasteiger partial charge in [-0.15, -0.1) is 0 Å². The Morgan fingerprint density at radius 3 is 2.00 bits per heavy atom. The Hall–Kier alpha value is -1.39. The first kappa shape index (κ1) is 17.6. The Balaban J connectivity index is 4.86. The Kier molecular flexibility index (Phi) is 5.30. The third-order valence-electron chi connectivity index (χ3n) is 1.51. The monoisotopic (exact) mass is 302 g/mol. The molecule has 0 heterocycles. The molecule has 0 spiro atoms. The molecule has 112 valence electrons. The van der Waals surface area contributed by atoms with Crippen LogP contribution < -0.4 is 0 Å². The van der Waals surface area contributed by atoms with Crippen molar-refractivity contribution in [2.75, 3.05) is 6.61 Å². The number of alkyl halides is 8. The molecule has 0 aliphatic heterocycles. The predicted octanol–water partition coefficient (Wildman–Crippen LogP) is 2.82. The van der Waals surface area contributed by atoms with E-state index in [2.05, 4.69) is 16.1 Å². The average molecular weight is 302 g/mol. The molecule has 3 nitrogen and oxygen atoms in total. The van der Waals surface area contributed by atoms with Gasteiger partial charge in [0, 0.05) is 6.08 Å². The molecule has 0 aromatic heterocycles. The van der Waals surface area contributed by atoms with Gasteiger partial charge in [-0.1, -0.05) is 6.58 Å². The van der Waals surface area contributed by atoms with Gasteiger partial charge in [-0.2, -0.15) is 26.3 Å². The second kappa shape index (κ2) is 5.72. The van der Waals surface area contributed by atoms with Gasteiger partial charge < -0.3 is 4.74 Å². The first-order valence-electron chi connectivity index (χ1n) is 4.26. The highest BCUT2D eigenvalue weighted by atomic mass is 19.3. The molecule has 0 saturated heterocycles. The summed E-state index contributed by atoms with van der Waals surface area (Å²) in [6.45, 7) is 0.392. The van der Waals surface area contributed by atoms with Gasteiger partial charge in [0.15, 0.2) is 6.61 Å². The third-order valence-corrected chi connectivity index (χ3v) is 1.51. The van der Waals surface area contributed by atoms with Gasteiger partial charge in [-0.25, -0.2) is 18.3 Å². The van der Waals surface area contributed by atoms with Crippen molar-refractivity contribution in [1.82, 2.24) is 0 Å². The standard InChI is InChI=1S/C8H6F8O3/c1-2-4(17)18-3-6(11,12)8(15,16)19-7(13,14)5(9)10/h2,5H,1,3H2. The second-order valence-electron chi connectivity index (χ2n) is 3.00. The van der Waals surface area contributed by atoms with Crippen molar-refractivity contribution in [2.45, 2.75) is 24.6 Å². The van der Waals surface area contributed by atoms with E-state index >= 15 is 0 Å². The minimum atomic E-state index is -5.98. The molecule has 0 bridgehead atoms. The second-order valence-corrected chi connectivity index (χ2v) is 3.00. The molecule has 19 heavy (non-hydrogen) atoms. The number of carbonyl (C=O) groups is 1. The van der Waals surface area contributed by atoms with E-state index in [0.29, 0.717) is 6.08 Å². The zero-order chi connectivity index (χ0) is 15.5. The number of hydrogen-bond acceptors (Lipinski definition) is 3. The van der Waals surface area contributed by atoms with Gasteiger partial charge in [0.25, 0.3) is 0 Å². The van der Waals surface area contributed by atoms with Crippen LogP contribution in [0.5, 0.6) is 0 Å². The number of rotatable bonds is 7. The largest absolute Gasteiger partial charge is 0.456 e. The summed E-state index contributed by atoms with van der Waals surface area (Å²) in [5.41, 5.74) is 0. The molecule has 11 heteroatoms. The van der Waals surface area contributed by atoms with E-state index in [1.807, 2.05) is 0 Å². The van der Waals surface area contributed by atoms with E-state index in [1.165, 1.54) is 0 Å². The van der Waals surface area contributed by atoms with Gasteiger partial charge in [0.2, 0.25) is 0 Å². The average Bonchev–Trinajstić information content (AvgIpc) is 2.24. The van der Waals surface area contributed by atoms with Crippen LogP contribution >= 0.6 is 0 Å². The molecule has 0 fully saturated rings. The zero-order valence-corrected chi connectivity index (χ0v) is 8.82. The summed E-state index contributed by atoms with van der Waals surface area (Å²) in [7, 11) is 0. The van der Waals surface area contributed by atoms with Crippen molar-refractivity contribution in [2.24, 2.45) is 0 Å². The lowest BCUT2D eigenvalue weighted by molar-refractivity contribution is -0.451. The SMILES string of the molecule is C=CC(=O)OCC(F)(F)C(F)(F)OC(F)(F)C(F)F. The van der Waals surface area contributed by atoms with Crippen molar-refractivity contribution < 1.29 is 49.4 Å². The lowest BCUT2D eigenvalue weighted by atomic mass is 10.3. The number of hydrogen-bond donors (Lipinski definition) is 0. The molecular weight excluding hydrogens is 296 g/mol. The summed E-state index contributed by atoms with van der Waals surface area (Å²) >= 11 is 0. The van der Waals surface area contributed by atoms with E-state index in [1.54, 1.807) is 0 Å². The molecule has 0 aromatic rings. The van der Waals surface area contributed by atoms with Crippen LogP contribution in [0, 0.1) is 0 Å². The lowest BCUT2D eigenvalue weighted by Crippen LogP contribution is -2.51. The molecule has 0 saturated carbocycles. The minimum Gasteiger partial charge on any atom is -0.456 e. The van der Waals surface area contributed by atoms with Gasteiger partial charge >= 0.3 is 30.5 Å². The van der Waals surface area contributed by atoms with Crippen LogP contribution in [0.3, 0.4) is 0 Å². The van der Waals surface area contributed by atoms with Crippen LogP contribution in [0.4, 0.5) is 35.1 Å². The number of ether oxygens (including phenoxy) is 2. The Morgan fingerprint density at radius 2 is 1.63 bits per heavy atom. The summed E-state index contributed by atoms with van der Waals surface area (Å²) in [6, 6.07) is 0. The smallest absolute Gasteiger partial charge is 0.427 e. The summed E-state index contributed by atoms with van der Waals surface area (Å²) in [5.74, 6) is -6.99. The summed E-state index contributed by atoms with van der Waals surface area (Å²) < 4.78 is 104. The minimum absolute atomic E-state index is 0.336. The van der Waals surface area contributed by atoms with E-state index < -0.39 is 37.1 Å². The van der Waals surface area contributed by atoms with Crippen LogP contribution in [0.25, 0.3) is 0 Å². The maximum atomic E-state index is 12.7. The zero-order valence-electron chi connectivity index (χ0n) is 8.82. The predicted molar refractivity (Wildman–Crippen MR) is 43.1 cm³/mol. The molecule has 0 aliphatic rings. The normalized spacial score (nSPS) is 13.5. The number of halogens is 8. The van der Waals surface area contributed by atoms with E-state index in [4.69, 9.17) is 0 Å². The Bertz CT molecular complexity index is 341. The van der Waals surface area contributed by atoms with Crippen molar-refractivity contribution in [1.29, 1.82) is 0 Å². The van der Waals surface area contributed by atoms with E-state index in [0.717, 1.165) is 0 Å². The molecule has 0 radical (unpaired) electrons. The molecular formula is C8H6F8O3. The van der Waals surface area contributed by atoms with E-state index in [-0.39, 0.29) is 0 Å². The fourth-order valence-electron chi connectivity index (χ4n) is 0.595. The first-order valence-corrected chi connectivity index (χ1v) is 4.26. The topological polar surface area (TPSA) is 35.5 Å². The summed E-state index contributed by atoms with van der Waals surface area (Å²) in [5, 5.41) is 0. The fourth-order valence-corrected chi connectivity index (χ4v) is 0.595. The number of esters is 1. The Morgan fingerprint density at radius 1 is 1.16 bits per heavy atom. The molecule has 0 atom stereocenters. The van der Waals surface area contributed by atoms with Crippen molar-refractivity contribution in [3.8, 4) is 0 Å². The van der Waals surface area contributed by atoms with Crippen molar-refractivity contribution in [3.05, 3.63) is 12.7 Å². The first-order chi connectivity index (χ1) is 8.35. The van der Waals surface area contributed by atoms with Gasteiger partial charge in [0.05, 0.1) is 0 Å². The fraction of sp³-hybridized carbons (Fsp3) is 0.625. The van der Waals surface area contributed by atoms with Gasteiger partial charge in [-0.05, 0) is 0 Å². The quantitative estimate of drug-likeness (QED) is 0.412. The van der Waals surface area contributed by atoms with E-state index in [9.17, 15) is 39.9 Å². The van der Waals surface area contributed by atoms with Crippen LogP contribution in [-0.4, -0.2) is 37.1 Å². The molecule has 0 rings (SSSR count). The Labute approximate surface area is 100 Å². The highest BCUT2D eigenvalue weighted by Gasteiger charge is 2.65. The summed E-state index contributed by atoms with van der Waals surface area (Å²) in [6.07, 6.45) is -16.2. The molecule has 0 N–H and O–H groups in total. The summed E-state index contributed by atoms with van der Waals surface area (Å²) in [4.78, 5) is 10.4. The molecule has 0 aromatic carbocycles. The van der Waals surface area contributed by atoms with Crippen LogP contribution in [0.1, 0.15) is 0 Å². The van der Waals surface area contributed by atoms with Crippen LogP contribution in [-0.2, 0) is 14.3 Å². The van der Waals surface area contributed by atoms with Crippen molar-refractivity contribution >= 4 is 5.97 Å². The highest BCUT2D eigenvalue weighted by molar-refractivity contribution is 5.81. The van der Waals surface area contributed by atoms with Crippen LogP contribution in [0.2, 0.25) is 0 Å².